The van der Waals surface area contributed by atoms with Gasteiger partial charge >= 0.3 is 0 Å². The highest BCUT2D eigenvalue weighted by molar-refractivity contribution is 7.80. The molecule has 0 aromatic rings. The topological polar surface area (TPSA) is 68.2 Å². The van der Waals surface area contributed by atoms with Crippen LogP contribution >= 0.6 is 24.4 Å². The molecule has 5 nitrogen and oxygen atoms in total. The number of hydrogen-bond donors (Lipinski definition) is 2. The van der Waals surface area contributed by atoms with Crippen LogP contribution in [-0.4, -0.2) is 57.9 Å². The van der Waals surface area contributed by atoms with Crippen LogP contribution in [0.4, 0.5) is 0 Å². The Morgan fingerprint density at radius 2 is 0.878 bits per heavy atom. The van der Waals surface area contributed by atoms with E-state index in [-0.39, 0.29) is 13.2 Å². The largest absolute Gasteiger partial charge is 0.479 e. The van der Waals surface area contributed by atoms with E-state index < -0.39 is 24.4 Å². The lowest BCUT2D eigenvalue weighted by Crippen LogP contribution is -2.43. The molecule has 2 N–H and O–H groups in total. The van der Waals surface area contributed by atoms with Gasteiger partial charge in [0.2, 0.25) is 0 Å². The van der Waals surface area contributed by atoms with Gasteiger partial charge in [-0.3, -0.25) is 0 Å². The zero-order chi connectivity index (χ0) is 35.6. The first-order valence-electron chi connectivity index (χ1n) is 21.3. The molecule has 49 heavy (non-hydrogen) atoms. The monoisotopic (exact) mass is 729 g/mol. The van der Waals surface area contributed by atoms with E-state index in [4.69, 9.17) is 38.6 Å². The van der Waals surface area contributed by atoms with E-state index >= 15 is 0 Å². The van der Waals surface area contributed by atoms with Crippen LogP contribution in [0.25, 0.3) is 0 Å². The van der Waals surface area contributed by atoms with Crippen molar-refractivity contribution in [1.82, 2.24) is 0 Å². The average Bonchev–Trinajstić information content (AvgIpc) is 3.45. The maximum absolute atomic E-state index is 10.9. The summed E-state index contributed by atoms with van der Waals surface area (Å²) in [4.78, 5) is 0. The van der Waals surface area contributed by atoms with Gasteiger partial charge in [0.05, 0.1) is 13.2 Å². The van der Waals surface area contributed by atoms with E-state index in [9.17, 15) is 10.2 Å². The molecule has 4 atom stereocenters. The Balaban J connectivity index is 2.02. The first-order chi connectivity index (χ1) is 24.0. The fourth-order valence-corrected chi connectivity index (χ4v) is 7.53. The SMILES string of the molecule is CCCCCCCCCCCCCCCCCC(=S)O[C@H]1CO[C@@H]([C@@H](CO)OC(=S)CCCCCCCCCCCCCCCCC)[C@H]1O. The van der Waals surface area contributed by atoms with Gasteiger partial charge in [0.1, 0.15) is 12.2 Å². The summed E-state index contributed by atoms with van der Waals surface area (Å²) >= 11 is 11.0. The Bertz CT molecular complexity index is 751. The first-order valence-corrected chi connectivity index (χ1v) is 22.1. The maximum atomic E-state index is 10.9. The molecule has 1 heterocycles. The van der Waals surface area contributed by atoms with Crippen LogP contribution in [0.5, 0.6) is 0 Å². The van der Waals surface area contributed by atoms with Crippen LogP contribution < -0.4 is 0 Å². The summed E-state index contributed by atoms with van der Waals surface area (Å²) in [5.41, 5.74) is 0. The van der Waals surface area contributed by atoms with E-state index in [0.29, 0.717) is 16.5 Å². The van der Waals surface area contributed by atoms with Crippen LogP contribution in [0, 0.1) is 0 Å². The third kappa shape index (κ3) is 27.0. The van der Waals surface area contributed by atoms with Crippen molar-refractivity contribution in [2.75, 3.05) is 13.2 Å². The summed E-state index contributed by atoms with van der Waals surface area (Å²) in [5.74, 6) is 0. The Morgan fingerprint density at radius 1 is 0.551 bits per heavy atom. The third-order valence-electron chi connectivity index (χ3n) is 10.3. The van der Waals surface area contributed by atoms with Crippen LogP contribution in [0.3, 0.4) is 0 Å². The summed E-state index contributed by atoms with van der Waals surface area (Å²) in [6.45, 7) is 4.52. The molecule has 0 unspecified atom stereocenters. The average molecular weight is 729 g/mol. The second kappa shape index (κ2) is 34.7. The van der Waals surface area contributed by atoms with Gasteiger partial charge in [-0.05, 0) is 37.3 Å². The van der Waals surface area contributed by atoms with Crippen molar-refractivity contribution in [3.63, 3.8) is 0 Å². The molecule has 0 saturated carbocycles. The lowest BCUT2D eigenvalue weighted by Gasteiger charge is -2.26. The molecule has 1 rings (SSSR count). The molecule has 0 spiro atoms. The molecule has 0 aromatic heterocycles. The van der Waals surface area contributed by atoms with Gasteiger partial charge in [0.25, 0.3) is 0 Å². The van der Waals surface area contributed by atoms with Crippen molar-refractivity contribution in [3.8, 4) is 0 Å². The highest BCUT2D eigenvalue weighted by atomic mass is 32.1. The fraction of sp³-hybridized carbons (Fsp3) is 0.952. The smallest absolute Gasteiger partial charge is 0.160 e. The number of aliphatic hydroxyl groups is 2. The first kappa shape index (κ1) is 46.7. The van der Waals surface area contributed by atoms with E-state index in [1.807, 2.05) is 0 Å². The van der Waals surface area contributed by atoms with Crippen LogP contribution in [0.2, 0.25) is 0 Å². The molecule has 0 aromatic carbocycles. The minimum absolute atomic E-state index is 0.233. The quantitative estimate of drug-likeness (QED) is 0.0492. The number of rotatable bonds is 36. The fourth-order valence-electron chi connectivity index (χ4n) is 6.99. The second-order valence-electron chi connectivity index (χ2n) is 14.9. The molecular weight excluding hydrogens is 649 g/mol. The van der Waals surface area contributed by atoms with E-state index in [2.05, 4.69) is 13.8 Å². The number of hydrogen-bond acceptors (Lipinski definition) is 7. The Labute approximate surface area is 314 Å². The van der Waals surface area contributed by atoms with Crippen molar-refractivity contribution in [2.24, 2.45) is 0 Å². The summed E-state index contributed by atoms with van der Waals surface area (Å²) in [6, 6.07) is 0. The predicted octanol–water partition coefficient (Wildman–Crippen LogP) is 12.7. The van der Waals surface area contributed by atoms with Crippen molar-refractivity contribution in [3.05, 3.63) is 0 Å². The van der Waals surface area contributed by atoms with Gasteiger partial charge in [0, 0.05) is 12.8 Å². The number of unbranched alkanes of at least 4 members (excludes halogenated alkanes) is 28. The summed E-state index contributed by atoms with van der Waals surface area (Å²) in [6.07, 6.45) is 38.5. The second-order valence-corrected chi connectivity index (χ2v) is 15.8. The highest BCUT2D eigenvalue weighted by Gasteiger charge is 2.43. The third-order valence-corrected chi connectivity index (χ3v) is 10.9. The van der Waals surface area contributed by atoms with Gasteiger partial charge in [-0.15, -0.1) is 0 Å². The summed E-state index contributed by atoms with van der Waals surface area (Å²) in [7, 11) is 0. The van der Waals surface area contributed by atoms with Gasteiger partial charge in [0.15, 0.2) is 22.3 Å². The molecule has 290 valence electrons. The Kier molecular flexibility index (Phi) is 33.1. The van der Waals surface area contributed by atoms with Crippen LogP contribution in [0.15, 0.2) is 0 Å². The number of aliphatic hydroxyl groups excluding tert-OH is 2. The van der Waals surface area contributed by atoms with Crippen LogP contribution in [-0.2, 0) is 14.2 Å². The normalized spacial score (nSPS) is 18.2. The molecular formula is C42H80O5S2. The van der Waals surface area contributed by atoms with Crippen molar-refractivity contribution >= 4 is 34.5 Å². The molecule has 0 radical (unpaired) electrons. The number of thiocarbonyl (C=S) groups is 2. The predicted molar refractivity (Wildman–Crippen MR) is 217 cm³/mol. The molecule has 7 heteroatoms. The zero-order valence-corrected chi connectivity index (χ0v) is 33.9. The van der Waals surface area contributed by atoms with Crippen molar-refractivity contribution in [2.45, 2.75) is 244 Å². The summed E-state index contributed by atoms with van der Waals surface area (Å²) in [5, 5.41) is 21.9. The zero-order valence-electron chi connectivity index (χ0n) is 32.3. The number of ether oxygens (including phenoxy) is 3. The molecule has 1 saturated heterocycles. The van der Waals surface area contributed by atoms with Crippen molar-refractivity contribution < 1.29 is 24.4 Å². The van der Waals surface area contributed by atoms with Gasteiger partial charge in [-0.2, -0.15) is 0 Å². The van der Waals surface area contributed by atoms with E-state index in [0.717, 1.165) is 32.1 Å². The van der Waals surface area contributed by atoms with Crippen LogP contribution in [0.1, 0.15) is 219 Å². The van der Waals surface area contributed by atoms with Crippen molar-refractivity contribution in [1.29, 1.82) is 0 Å². The van der Waals surface area contributed by atoms with Gasteiger partial charge in [-0.1, -0.05) is 194 Å². The van der Waals surface area contributed by atoms with E-state index in [1.165, 1.54) is 167 Å². The molecule has 0 aliphatic carbocycles. The highest BCUT2D eigenvalue weighted by Crippen LogP contribution is 2.24. The lowest BCUT2D eigenvalue weighted by atomic mass is 10.0. The molecule has 0 bridgehead atoms. The van der Waals surface area contributed by atoms with E-state index in [1.54, 1.807) is 0 Å². The molecule has 1 aliphatic rings. The lowest BCUT2D eigenvalue weighted by molar-refractivity contribution is -0.0615. The minimum atomic E-state index is -0.912. The maximum Gasteiger partial charge on any atom is 0.160 e. The molecule has 0 amide bonds. The molecule has 1 aliphatic heterocycles. The standard InChI is InChI=1S/C42H80O5S2/c1-3-5-7-9-11-13-15-17-19-21-23-25-27-29-31-33-39(48)46-37(35-43)42-41(44)38(36-45-42)47-40(49)34-32-30-28-26-24-22-20-18-16-14-12-10-8-6-4-2/h37-38,41-44H,3-36H2,1-2H3/t37-,38+,41+,42+/m1/s1. The minimum Gasteiger partial charge on any atom is -0.479 e. The molecule has 1 fully saturated rings. The summed E-state index contributed by atoms with van der Waals surface area (Å²) < 4.78 is 17.6. The Morgan fingerprint density at radius 3 is 1.22 bits per heavy atom. The van der Waals surface area contributed by atoms with Gasteiger partial charge in [-0.25, -0.2) is 0 Å². The van der Waals surface area contributed by atoms with Gasteiger partial charge < -0.3 is 24.4 Å². The Hall–Kier alpha value is -0.340.